The zero-order chi connectivity index (χ0) is 27.7. The quantitative estimate of drug-likeness (QED) is 0.290. The van der Waals surface area contributed by atoms with Gasteiger partial charge < -0.3 is 5.32 Å². The van der Waals surface area contributed by atoms with Gasteiger partial charge in [0, 0.05) is 40.7 Å². The highest BCUT2D eigenvalue weighted by Gasteiger charge is 2.32. The molecule has 0 unspecified atom stereocenters. The minimum Gasteiger partial charge on any atom is -0.338 e. The SMILES string of the molecule is CC(=O)n1ccc2c(-n3c(=O)n(C4CC4)c(=O)c4c(Nc5ccc(I)cc5F)n(C)c(=O)c(C)c43)cccc21. The lowest BCUT2D eigenvalue weighted by molar-refractivity contribution is 0.0941. The molecule has 6 rings (SSSR count). The Morgan fingerprint density at radius 2 is 1.82 bits per heavy atom. The van der Waals surface area contributed by atoms with Crippen LogP contribution >= 0.6 is 22.6 Å². The number of fused-ring (bicyclic) bond motifs is 2. The van der Waals surface area contributed by atoms with Crippen LogP contribution in [0.15, 0.2) is 63.0 Å². The van der Waals surface area contributed by atoms with Crippen molar-refractivity contribution in [2.75, 3.05) is 5.32 Å². The maximum Gasteiger partial charge on any atom is 0.336 e. The minimum absolute atomic E-state index is 0.0855. The van der Waals surface area contributed by atoms with Crippen LogP contribution in [0.2, 0.25) is 0 Å². The molecule has 3 aromatic heterocycles. The van der Waals surface area contributed by atoms with Gasteiger partial charge in [0.1, 0.15) is 17.0 Å². The standard InChI is InChI=1S/C28H23FIN5O4/c1-14-24-23(25(32(3)26(14)37)31-20-10-7-16(30)13-19(20)29)27(38)34(17-8-9-17)28(39)35(24)22-6-4-5-21-18(22)11-12-33(21)15(2)36/h4-7,10-13,17,31H,8-9H2,1-3H3. The van der Waals surface area contributed by atoms with Gasteiger partial charge in [0.2, 0.25) is 5.91 Å². The number of pyridine rings is 1. The van der Waals surface area contributed by atoms with Crippen LogP contribution in [-0.2, 0) is 7.05 Å². The molecule has 0 aliphatic heterocycles. The smallest absolute Gasteiger partial charge is 0.336 e. The number of carbonyl (C=O) groups excluding carboxylic acids is 1. The number of hydrogen-bond acceptors (Lipinski definition) is 5. The highest BCUT2D eigenvalue weighted by molar-refractivity contribution is 14.1. The molecule has 198 valence electrons. The number of hydrogen-bond donors (Lipinski definition) is 1. The van der Waals surface area contributed by atoms with Crippen LogP contribution in [0, 0.1) is 16.3 Å². The molecule has 9 nitrogen and oxygen atoms in total. The van der Waals surface area contributed by atoms with Gasteiger partial charge in [-0.2, -0.15) is 0 Å². The average Bonchev–Trinajstić information content (AvgIpc) is 3.62. The summed E-state index contributed by atoms with van der Waals surface area (Å²) in [4.78, 5) is 53.7. The van der Waals surface area contributed by atoms with E-state index in [4.69, 9.17) is 0 Å². The van der Waals surface area contributed by atoms with Gasteiger partial charge in [-0.05, 0) is 78.8 Å². The Hall–Kier alpha value is -4.00. The van der Waals surface area contributed by atoms with E-state index in [0.29, 0.717) is 33.0 Å². The molecule has 1 saturated carbocycles. The Bertz CT molecular complexity index is 2050. The van der Waals surface area contributed by atoms with Crippen molar-refractivity contribution in [3.05, 3.63) is 94.8 Å². The van der Waals surface area contributed by atoms with Crippen molar-refractivity contribution in [1.82, 2.24) is 18.3 Å². The van der Waals surface area contributed by atoms with Crippen LogP contribution in [-0.4, -0.2) is 24.2 Å². The number of anilines is 2. The van der Waals surface area contributed by atoms with Crippen LogP contribution in [0.3, 0.4) is 0 Å². The number of carbonyl (C=O) groups is 1. The van der Waals surface area contributed by atoms with Gasteiger partial charge in [-0.1, -0.05) is 6.07 Å². The molecule has 39 heavy (non-hydrogen) atoms. The minimum atomic E-state index is -0.569. The number of halogens is 2. The van der Waals surface area contributed by atoms with Gasteiger partial charge in [0.25, 0.3) is 11.1 Å². The molecule has 3 heterocycles. The number of nitrogens with one attached hydrogen (secondary N) is 1. The Morgan fingerprint density at radius 1 is 1.08 bits per heavy atom. The molecule has 0 bridgehead atoms. The second-order valence-electron chi connectivity index (χ2n) is 9.75. The van der Waals surface area contributed by atoms with Gasteiger partial charge in [0.05, 0.1) is 22.4 Å². The van der Waals surface area contributed by atoms with E-state index in [-0.39, 0.29) is 39.9 Å². The second-order valence-corrected chi connectivity index (χ2v) is 11.0. The third-order valence-corrected chi connectivity index (χ3v) is 7.90. The zero-order valence-corrected chi connectivity index (χ0v) is 23.4. The Morgan fingerprint density at radius 3 is 2.49 bits per heavy atom. The van der Waals surface area contributed by atoms with Crippen molar-refractivity contribution in [1.29, 1.82) is 0 Å². The van der Waals surface area contributed by atoms with E-state index >= 15 is 0 Å². The predicted octanol–water partition coefficient (Wildman–Crippen LogP) is 4.60. The molecule has 1 fully saturated rings. The van der Waals surface area contributed by atoms with Crippen LogP contribution in [0.5, 0.6) is 0 Å². The molecular formula is C28H23FIN5O4. The molecule has 1 aliphatic carbocycles. The van der Waals surface area contributed by atoms with E-state index in [9.17, 15) is 23.6 Å². The first kappa shape index (κ1) is 25.3. The highest BCUT2D eigenvalue weighted by atomic mass is 127. The van der Waals surface area contributed by atoms with Gasteiger partial charge in [-0.15, -0.1) is 0 Å². The number of nitrogens with zero attached hydrogens (tertiary/aromatic N) is 4. The van der Waals surface area contributed by atoms with E-state index in [1.54, 1.807) is 43.5 Å². The molecule has 1 N–H and O–H groups in total. The molecule has 1 aliphatic rings. The first-order valence-corrected chi connectivity index (χ1v) is 13.4. The summed E-state index contributed by atoms with van der Waals surface area (Å²) in [6.07, 6.45) is 2.97. The topological polar surface area (TPSA) is 100 Å². The average molecular weight is 639 g/mol. The first-order chi connectivity index (χ1) is 18.6. The highest BCUT2D eigenvalue weighted by Crippen LogP contribution is 2.35. The van der Waals surface area contributed by atoms with E-state index in [0.717, 1.165) is 0 Å². The summed E-state index contributed by atoms with van der Waals surface area (Å²) in [6, 6.07) is 11.2. The summed E-state index contributed by atoms with van der Waals surface area (Å²) in [7, 11) is 1.51. The fourth-order valence-electron chi connectivity index (χ4n) is 5.18. The summed E-state index contributed by atoms with van der Waals surface area (Å²) >= 11 is 2.00. The van der Waals surface area contributed by atoms with E-state index in [1.165, 1.54) is 44.4 Å². The predicted molar refractivity (Wildman–Crippen MR) is 156 cm³/mol. The fraction of sp³-hybridized carbons (Fsp3) is 0.214. The van der Waals surface area contributed by atoms with E-state index in [1.807, 2.05) is 22.6 Å². The molecule has 0 radical (unpaired) electrons. The lowest BCUT2D eigenvalue weighted by Gasteiger charge is -2.21. The molecule has 0 amide bonds. The van der Waals surface area contributed by atoms with Crippen molar-refractivity contribution >= 4 is 61.8 Å². The summed E-state index contributed by atoms with van der Waals surface area (Å²) < 4.78 is 20.9. The third kappa shape index (κ3) is 3.86. The number of aryl methyl sites for hydroxylation is 1. The normalized spacial score (nSPS) is 13.4. The van der Waals surface area contributed by atoms with Gasteiger partial charge in [-0.3, -0.25) is 32.7 Å². The molecule has 0 saturated heterocycles. The van der Waals surface area contributed by atoms with Crippen molar-refractivity contribution < 1.29 is 9.18 Å². The monoisotopic (exact) mass is 639 g/mol. The van der Waals surface area contributed by atoms with Crippen molar-refractivity contribution in [2.45, 2.75) is 32.7 Å². The van der Waals surface area contributed by atoms with Crippen LogP contribution in [0.25, 0.3) is 27.5 Å². The van der Waals surface area contributed by atoms with Crippen LogP contribution in [0.4, 0.5) is 15.9 Å². The molecule has 0 spiro atoms. The second kappa shape index (κ2) is 9.04. The zero-order valence-electron chi connectivity index (χ0n) is 21.3. The van der Waals surface area contributed by atoms with Gasteiger partial charge >= 0.3 is 5.69 Å². The van der Waals surface area contributed by atoms with Gasteiger partial charge in [0.15, 0.2) is 0 Å². The summed E-state index contributed by atoms with van der Waals surface area (Å²) in [6.45, 7) is 3.01. The number of rotatable bonds is 4. The van der Waals surface area contributed by atoms with E-state index < -0.39 is 22.6 Å². The van der Waals surface area contributed by atoms with Crippen molar-refractivity contribution in [2.24, 2.45) is 7.05 Å². The van der Waals surface area contributed by atoms with Crippen molar-refractivity contribution in [3.63, 3.8) is 0 Å². The molecule has 2 aromatic carbocycles. The molecule has 11 heteroatoms. The van der Waals surface area contributed by atoms with E-state index in [2.05, 4.69) is 5.32 Å². The lowest BCUT2D eigenvalue weighted by Crippen LogP contribution is -2.41. The Labute approximate surface area is 234 Å². The lowest BCUT2D eigenvalue weighted by atomic mass is 10.1. The molecular weight excluding hydrogens is 616 g/mol. The van der Waals surface area contributed by atoms with Gasteiger partial charge in [-0.25, -0.2) is 9.18 Å². The summed E-state index contributed by atoms with van der Waals surface area (Å²) in [5.74, 6) is -0.657. The third-order valence-electron chi connectivity index (χ3n) is 7.23. The van der Waals surface area contributed by atoms with Crippen LogP contribution in [0.1, 0.15) is 36.2 Å². The maximum absolute atomic E-state index is 14.9. The largest absolute Gasteiger partial charge is 0.338 e. The van der Waals surface area contributed by atoms with Crippen LogP contribution < -0.4 is 22.1 Å². The summed E-state index contributed by atoms with van der Waals surface area (Å²) in [5.41, 5.74) is -0.116. The number of benzene rings is 2. The number of aromatic nitrogens is 4. The Kier molecular flexibility index (Phi) is 5.86. The summed E-state index contributed by atoms with van der Waals surface area (Å²) in [5, 5.41) is 3.67. The Balaban J connectivity index is 1.78. The molecule has 5 aromatic rings. The van der Waals surface area contributed by atoms with Crippen molar-refractivity contribution in [3.8, 4) is 5.69 Å². The molecule has 0 atom stereocenters. The fourth-order valence-corrected chi connectivity index (χ4v) is 5.63. The maximum atomic E-state index is 14.9. The first-order valence-electron chi connectivity index (χ1n) is 12.3.